The van der Waals surface area contributed by atoms with E-state index in [9.17, 15) is 0 Å². The van der Waals surface area contributed by atoms with Crippen LogP contribution in [-0.2, 0) is 0 Å². The first kappa shape index (κ1) is 6.84. The minimum atomic E-state index is 0.510. The maximum Gasteiger partial charge on any atom is 0.133 e. The number of nitrogens with two attached hydrogens (primary N) is 1. The fourth-order valence-corrected chi connectivity index (χ4v) is 0.609. The maximum absolute atomic E-state index is 5.43. The highest BCUT2D eigenvalue weighted by Gasteiger charge is 1.93. The van der Waals surface area contributed by atoms with E-state index in [0.717, 1.165) is 11.1 Å². The first-order chi connectivity index (χ1) is 4.70. The second-order valence-corrected chi connectivity index (χ2v) is 2.29. The van der Waals surface area contributed by atoms with Crippen molar-refractivity contribution in [1.29, 1.82) is 0 Å². The lowest BCUT2D eigenvalue weighted by Gasteiger charge is -1.90. The lowest BCUT2D eigenvalue weighted by Crippen LogP contribution is -1.89. The molecule has 0 unspecified atom stereocenters. The quantitative estimate of drug-likeness (QED) is 0.533. The zero-order valence-corrected chi connectivity index (χ0v) is 6.18. The molecule has 0 amide bonds. The molecular formula is C8H10N2. The Bertz CT molecular complexity index is 263. The van der Waals surface area contributed by atoms with Gasteiger partial charge in [-0.25, -0.2) is 0 Å². The maximum atomic E-state index is 5.43. The molecule has 0 saturated carbocycles. The Morgan fingerprint density at radius 3 is 2.80 bits per heavy atom. The molecule has 2 heteroatoms. The van der Waals surface area contributed by atoms with Gasteiger partial charge in [0.05, 0.1) is 0 Å². The number of aliphatic imine (C=N–C) groups is 1. The van der Waals surface area contributed by atoms with Crippen molar-refractivity contribution in [2.45, 2.75) is 13.8 Å². The van der Waals surface area contributed by atoms with Gasteiger partial charge in [-0.2, -0.15) is 4.99 Å². The van der Waals surface area contributed by atoms with E-state index in [1.54, 1.807) is 6.08 Å². The van der Waals surface area contributed by atoms with E-state index in [2.05, 4.69) is 10.9 Å². The van der Waals surface area contributed by atoms with Crippen LogP contribution in [0.1, 0.15) is 13.8 Å². The van der Waals surface area contributed by atoms with Crippen molar-refractivity contribution in [3.05, 3.63) is 29.1 Å². The van der Waals surface area contributed by atoms with Crippen molar-refractivity contribution in [2.75, 3.05) is 0 Å². The van der Waals surface area contributed by atoms with Crippen molar-refractivity contribution in [2.24, 2.45) is 10.7 Å². The van der Waals surface area contributed by atoms with E-state index >= 15 is 0 Å². The molecule has 0 atom stereocenters. The third kappa shape index (κ3) is 1.36. The van der Waals surface area contributed by atoms with E-state index in [1.165, 1.54) is 0 Å². The summed E-state index contributed by atoms with van der Waals surface area (Å²) in [7, 11) is 0. The van der Waals surface area contributed by atoms with Crippen LogP contribution in [0.15, 0.2) is 34.1 Å². The number of hydrogen-bond acceptors (Lipinski definition) is 2. The largest absolute Gasteiger partial charge is 0.383 e. The molecule has 0 aromatic carbocycles. The lowest BCUT2D eigenvalue weighted by atomic mass is 10.1. The number of rotatable bonds is 0. The summed E-state index contributed by atoms with van der Waals surface area (Å²) in [5.74, 6) is 3.33. The molecular weight excluding hydrogens is 124 g/mol. The van der Waals surface area contributed by atoms with Crippen LogP contribution in [0.3, 0.4) is 0 Å². The molecule has 0 fully saturated rings. The summed E-state index contributed by atoms with van der Waals surface area (Å²) < 4.78 is 0. The van der Waals surface area contributed by atoms with E-state index in [4.69, 9.17) is 5.73 Å². The van der Waals surface area contributed by atoms with Gasteiger partial charge in [-0.3, -0.25) is 0 Å². The molecule has 0 radical (unpaired) electrons. The first-order valence-corrected chi connectivity index (χ1v) is 3.15. The molecule has 0 aliphatic carbocycles. The molecule has 0 bridgehead atoms. The molecule has 2 N–H and O–H groups in total. The molecule has 52 valence electrons. The van der Waals surface area contributed by atoms with Gasteiger partial charge in [-0.05, 0) is 31.4 Å². The van der Waals surface area contributed by atoms with Crippen molar-refractivity contribution in [3.8, 4) is 0 Å². The van der Waals surface area contributed by atoms with Gasteiger partial charge < -0.3 is 5.73 Å². The highest BCUT2D eigenvalue weighted by molar-refractivity contribution is 5.66. The molecule has 10 heavy (non-hydrogen) atoms. The van der Waals surface area contributed by atoms with E-state index in [-0.39, 0.29) is 0 Å². The third-order valence-electron chi connectivity index (χ3n) is 1.45. The van der Waals surface area contributed by atoms with Crippen LogP contribution in [0, 0.1) is 0 Å². The number of nitrogens with zero attached hydrogens (tertiary/aromatic N) is 1. The predicted molar refractivity (Wildman–Crippen MR) is 42.6 cm³/mol. The minimum absolute atomic E-state index is 0.510. The zero-order chi connectivity index (χ0) is 7.56. The van der Waals surface area contributed by atoms with Gasteiger partial charge in [0.15, 0.2) is 0 Å². The summed E-state index contributed by atoms with van der Waals surface area (Å²) in [4.78, 5) is 3.85. The summed E-state index contributed by atoms with van der Waals surface area (Å²) in [5, 5.41) is 0. The van der Waals surface area contributed by atoms with Gasteiger partial charge in [0.1, 0.15) is 5.82 Å². The molecule has 0 spiro atoms. The predicted octanol–water partition coefficient (Wildman–Crippen LogP) is 1.36. The third-order valence-corrected chi connectivity index (χ3v) is 1.45. The normalized spacial score (nSPS) is 17.2. The molecule has 1 rings (SSSR count). The van der Waals surface area contributed by atoms with Gasteiger partial charge in [0.25, 0.3) is 0 Å². The Morgan fingerprint density at radius 2 is 2.10 bits per heavy atom. The zero-order valence-electron chi connectivity index (χ0n) is 6.18. The van der Waals surface area contributed by atoms with Gasteiger partial charge >= 0.3 is 0 Å². The van der Waals surface area contributed by atoms with Crippen LogP contribution in [0.4, 0.5) is 0 Å². The van der Waals surface area contributed by atoms with Crippen molar-refractivity contribution >= 4 is 5.87 Å². The highest BCUT2D eigenvalue weighted by Crippen LogP contribution is 2.07. The monoisotopic (exact) mass is 134 g/mol. The Kier molecular flexibility index (Phi) is 1.74. The van der Waals surface area contributed by atoms with Gasteiger partial charge in [0, 0.05) is 5.57 Å². The number of hydrogen-bond donors (Lipinski definition) is 1. The molecule has 1 aliphatic heterocycles. The Labute approximate surface area is 60.5 Å². The van der Waals surface area contributed by atoms with Crippen molar-refractivity contribution < 1.29 is 0 Å². The van der Waals surface area contributed by atoms with E-state index < -0.39 is 0 Å². The summed E-state index contributed by atoms with van der Waals surface area (Å²) in [6, 6.07) is 0. The SMILES string of the molecule is CC1=C=NC(N)=CC=C1C. The van der Waals surface area contributed by atoms with Crippen molar-refractivity contribution in [3.63, 3.8) is 0 Å². The summed E-state index contributed by atoms with van der Waals surface area (Å²) in [5.41, 5.74) is 7.63. The minimum Gasteiger partial charge on any atom is -0.383 e. The molecule has 2 nitrogen and oxygen atoms in total. The standard InChI is InChI=1S/C8H10N2/c1-6-3-4-8(9)10-5-7(6)2/h3-4H,9H2,1-2H3. The Morgan fingerprint density at radius 1 is 1.40 bits per heavy atom. The molecule has 0 saturated heterocycles. The molecule has 1 heterocycles. The van der Waals surface area contributed by atoms with Crippen LogP contribution in [-0.4, -0.2) is 5.87 Å². The summed E-state index contributed by atoms with van der Waals surface area (Å²) in [6.07, 6.45) is 3.72. The van der Waals surface area contributed by atoms with E-state index in [1.807, 2.05) is 19.9 Å². The lowest BCUT2D eigenvalue weighted by molar-refractivity contribution is 1.26. The summed E-state index contributed by atoms with van der Waals surface area (Å²) >= 11 is 0. The van der Waals surface area contributed by atoms with Crippen molar-refractivity contribution in [1.82, 2.24) is 0 Å². The van der Waals surface area contributed by atoms with E-state index in [0.29, 0.717) is 5.82 Å². The van der Waals surface area contributed by atoms with Crippen LogP contribution in [0.5, 0.6) is 0 Å². The molecule has 0 aromatic rings. The molecule has 1 aliphatic rings. The fourth-order valence-electron chi connectivity index (χ4n) is 0.609. The van der Waals surface area contributed by atoms with Crippen LogP contribution in [0.25, 0.3) is 0 Å². The topological polar surface area (TPSA) is 38.4 Å². The molecule has 0 aromatic heterocycles. The smallest absolute Gasteiger partial charge is 0.133 e. The van der Waals surface area contributed by atoms with Gasteiger partial charge in [0.2, 0.25) is 0 Å². The Balaban J connectivity index is 3.12. The second-order valence-electron chi connectivity index (χ2n) is 2.29. The summed E-state index contributed by atoms with van der Waals surface area (Å²) in [6.45, 7) is 3.97. The highest BCUT2D eigenvalue weighted by atomic mass is 14.9. The fraction of sp³-hybridized carbons (Fsp3) is 0.250. The average Bonchev–Trinajstić information content (AvgIpc) is 2.04. The van der Waals surface area contributed by atoms with Crippen LogP contribution in [0.2, 0.25) is 0 Å². The van der Waals surface area contributed by atoms with Gasteiger partial charge in [-0.15, -0.1) is 0 Å². The first-order valence-electron chi connectivity index (χ1n) is 3.15. The second kappa shape index (κ2) is 2.54. The Hall–Kier alpha value is -1.27. The van der Waals surface area contributed by atoms with Crippen LogP contribution < -0.4 is 5.73 Å². The number of allylic oxidation sites excluding steroid dienone is 4. The average molecular weight is 134 g/mol. The van der Waals surface area contributed by atoms with Crippen LogP contribution >= 0.6 is 0 Å². The van der Waals surface area contributed by atoms with Gasteiger partial charge in [-0.1, -0.05) is 6.08 Å².